The zero-order chi connectivity index (χ0) is 36.7. The first-order chi connectivity index (χ1) is 23.2. The van der Waals surface area contributed by atoms with Crippen LogP contribution in [0.5, 0.6) is 0 Å². The number of pyridine rings is 1. The summed E-state index contributed by atoms with van der Waals surface area (Å²) in [6, 6.07) is 3.84. The second-order valence-electron chi connectivity index (χ2n) is 19.0. The first-order valence-corrected chi connectivity index (χ1v) is 19.1. The normalized spacial score (nSPS) is 37.7. The number of Topliss-reactive ketones (excluding diaryl/α,β-unsaturated/α-hetero) is 1. The van der Waals surface area contributed by atoms with Gasteiger partial charge in [-0.05, 0) is 134 Å². The van der Waals surface area contributed by atoms with Crippen molar-refractivity contribution >= 4 is 23.6 Å². The molecule has 1 aromatic rings. The summed E-state index contributed by atoms with van der Waals surface area (Å²) in [6.45, 7) is 19.8. The molecule has 0 aliphatic heterocycles. The van der Waals surface area contributed by atoms with Gasteiger partial charge in [-0.3, -0.25) is 24.2 Å². The Bertz CT molecular complexity index is 1600. The maximum absolute atomic E-state index is 14.4. The van der Waals surface area contributed by atoms with Crippen molar-refractivity contribution in [2.45, 2.75) is 139 Å². The van der Waals surface area contributed by atoms with Crippen molar-refractivity contribution in [2.24, 2.45) is 56.2 Å². The van der Waals surface area contributed by atoms with Gasteiger partial charge in [0.1, 0.15) is 6.10 Å². The highest BCUT2D eigenvalue weighted by molar-refractivity contribution is 6.07. The van der Waals surface area contributed by atoms with Crippen molar-refractivity contribution in [3.8, 4) is 0 Å². The molecule has 8 atom stereocenters. The number of aromatic nitrogens is 1. The molecule has 0 radical (unpaired) electrons. The number of hydrogen-bond donors (Lipinski definition) is 2. The first kappa shape index (κ1) is 36.8. The number of ether oxygens (including phenoxy) is 1. The minimum absolute atomic E-state index is 0.000306. The van der Waals surface area contributed by atoms with E-state index < -0.39 is 22.8 Å². The van der Waals surface area contributed by atoms with Crippen molar-refractivity contribution in [3.63, 3.8) is 0 Å². The fourth-order valence-corrected chi connectivity index (χ4v) is 12.6. The van der Waals surface area contributed by atoms with Crippen LogP contribution in [0.3, 0.4) is 0 Å². The number of nitrogens with zero attached hydrogens (tertiary/aromatic N) is 1. The van der Waals surface area contributed by atoms with Crippen LogP contribution in [-0.2, 0) is 30.5 Å². The fraction of sp³-hybridized carbons (Fsp3) is 0.738. The van der Waals surface area contributed by atoms with Gasteiger partial charge in [0.2, 0.25) is 5.91 Å². The Kier molecular flexibility index (Phi) is 9.03. The largest absolute Gasteiger partial charge is 0.481 e. The van der Waals surface area contributed by atoms with E-state index in [0.717, 1.165) is 61.7 Å². The molecule has 0 bridgehead atoms. The van der Waals surface area contributed by atoms with Crippen LogP contribution in [0.15, 0.2) is 35.7 Å². The van der Waals surface area contributed by atoms with Gasteiger partial charge >= 0.3 is 11.9 Å². The Morgan fingerprint density at radius 1 is 0.940 bits per heavy atom. The van der Waals surface area contributed by atoms with Crippen LogP contribution in [0, 0.1) is 56.2 Å². The average molecular weight is 689 g/mol. The molecule has 2 N–H and O–H groups in total. The highest BCUT2D eigenvalue weighted by Crippen LogP contribution is 2.76. The van der Waals surface area contributed by atoms with Crippen LogP contribution >= 0.6 is 0 Å². The van der Waals surface area contributed by atoms with E-state index in [2.05, 4.69) is 58.8 Å². The van der Waals surface area contributed by atoms with E-state index in [1.54, 1.807) is 26.2 Å². The number of amides is 1. The molecular weight excluding hydrogens is 628 g/mol. The maximum Gasteiger partial charge on any atom is 0.309 e. The Labute approximate surface area is 299 Å². The number of hydrogen-bond acceptors (Lipinski definition) is 6. The lowest BCUT2D eigenvalue weighted by Gasteiger charge is -2.72. The number of fused-ring (bicyclic) bond motifs is 7. The quantitative estimate of drug-likeness (QED) is 0.265. The number of aliphatic carboxylic acids is 1. The summed E-state index contributed by atoms with van der Waals surface area (Å²) in [5.74, 6) is -0.211. The van der Waals surface area contributed by atoms with Crippen LogP contribution in [0.4, 0.5) is 0 Å². The van der Waals surface area contributed by atoms with Crippen LogP contribution in [0.1, 0.15) is 132 Å². The summed E-state index contributed by atoms with van der Waals surface area (Å²) in [6.07, 6.45) is 10.8. The van der Waals surface area contributed by atoms with Gasteiger partial charge in [0.15, 0.2) is 5.78 Å². The van der Waals surface area contributed by atoms with Crippen molar-refractivity contribution in [1.29, 1.82) is 0 Å². The van der Waals surface area contributed by atoms with E-state index in [-0.39, 0.29) is 64.1 Å². The Hall–Kier alpha value is -3.03. The monoisotopic (exact) mass is 688 g/mol. The summed E-state index contributed by atoms with van der Waals surface area (Å²) in [7, 11) is 0. The summed E-state index contributed by atoms with van der Waals surface area (Å²) >= 11 is 0. The van der Waals surface area contributed by atoms with Gasteiger partial charge < -0.3 is 15.2 Å². The van der Waals surface area contributed by atoms with E-state index in [1.807, 2.05) is 12.1 Å². The predicted molar refractivity (Wildman–Crippen MR) is 191 cm³/mol. The second kappa shape index (κ2) is 12.3. The maximum atomic E-state index is 14.4. The molecule has 1 aromatic heterocycles. The molecular formula is C42H60N2O6. The number of carbonyl (C=O) groups is 4. The van der Waals surface area contributed by atoms with Crippen LogP contribution < -0.4 is 5.32 Å². The third kappa shape index (κ3) is 5.39. The predicted octanol–water partition coefficient (Wildman–Crippen LogP) is 8.09. The molecule has 8 nitrogen and oxygen atoms in total. The van der Waals surface area contributed by atoms with Crippen molar-refractivity contribution in [2.75, 3.05) is 0 Å². The van der Waals surface area contributed by atoms with Gasteiger partial charge in [-0.1, -0.05) is 48.5 Å². The molecule has 50 heavy (non-hydrogen) atoms. The van der Waals surface area contributed by atoms with E-state index in [9.17, 15) is 24.3 Å². The van der Waals surface area contributed by atoms with Crippen LogP contribution in [0.2, 0.25) is 0 Å². The number of allylic oxidation sites excluding steroid dienone is 1. The number of ketones is 1. The molecule has 1 heterocycles. The average Bonchev–Trinajstić information content (AvgIpc) is 3.35. The molecule has 4 saturated carbocycles. The van der Waals surface area contributed by atoms with Gasteiger partial charge in [-0.25, -0.2) is 0 Å². The summed E-state index contributed by atoms with van der Waals surface area (Å²) in [5.41, 5.74) is 0.872. The number of nitrogens with one attached hydrogen (secondary N) is 1. The molecule has 274 valence electrons. The Balaban J connectivity index is 1.29. The molecule has 1 amide bonds. The Morgan fingerprint density at radius 3 is 2.26 bits per heavy atom. The van der Waals surface area contributed by atoms with Gasteiger partial charge in [-0.2, -0.15) is 0 Å². The van der Waals surface area contributed by atoms with Crippen molar-refractivity contribution in [1.82, 2.24) is 10.3 Å². The summed E-state index contributed by atoms with van der Waals surface area (Å²) in [5, 5.41) is 12.8. The van der Waals surface area contributed by atoms with Crippen molar-refractivity contribution < 1.29 is 29.0 Å². The molecule has 5 aliphatic rings. The van der Waals surface area contributed by atoms with E-state index in [0.29, 0.717) is 24.8 Å². The number of carboxylic acids is 1. The fourth-order valence-electron chi connectivity index (χ4n) is 12.6. The molecule has 5 aliphatic carbocycles. The summed E-state index contributed by atoms with van der Waals surface area (Å²) in [4.78, 5) is 57.2. The molecule has 0 spiro atoms. The van der Waals surface area contributed by atoms with E-state index >= 15 is 0 Å². The smallest absolute Gasteiger partial charge is 0.309 e. The van der Waals surface area contributed by atoms with Crippen LogP contribution in [-0.4, -0.2) is 39.8 Å². The zero-order valence-electron chi connectivity index (χ0n) is 31.9. The standard InChI is InChI=1S/C42H60N2O6/c1-25(2)33-28(45)22-42(35(47)44-24-26-14-20-43-21-15-26)19-18-40(8)27(34(33)42)10-11-30-39(7)16-13-31(50-32(46)23-37(3,4)36(48)49)38(5,6)29(39)12-17-41(30,40)9/h14-15,20-21,25,27,29-31H,10-13,16-19,22-24H2,1-9H3,(H,44,47)(H,48,49)/t27?,29?,30?,31-,39-,40+,41+,42+/m0/s1. The zero-order valence-corrected chi connectivity index (χ0v) is 31.9. The minimum atomic E-state index is -1.17. The third-order valence-corrected chi connectivity index (χ3v) is 15.4. The highest BCUT2D eigenvalue weighted by atomic mass is 16.5. The number of carboxylic acid groups (broad SMARTS) is 1. The van der Waals surface area contributed by atoms with Gasteiger partial charge in [-0.15, -0.1) is 0 Å². The lowest BCUT2D eigenvalue weighted by Crippen LogP contribution is -2.66. The van der Waals surface area contributed by atoms with E-state index in [4.69, 9.17) is 4.74 Å². The first-order valence-electron chi connectivity index (χ1n) is 19.1. The molecule has 8 heteroatoms. The van der Waals surface area contributed by atoms with Gasteiger partial charge in [0.05, 0.1) is 17.3 Å². The SMILES string of the molecule is CC(C)C1=C2C3CCC4[C@@]5(C)CC[C@H](OC(=O)CC(C)(C)C(=O)O)C(C)(C)C5CC[C@@]4(C)[C@]3(C)CC[C@@]2(C(=O)NCc2ccncc2)CC1=O. The van der Waals surface area contributed by atoms with Gasteiger partial charge in [0, 0.05) is 30.8 Å². The van der Waals surface area contributed by atoms with Crippen molar-refractivity contribution in [3.05, 3.63) is 41.2 Å². The summed E-state index contributed by atoms with van der Waals surface area (Å²) < 4.78 is 6.15. The minimum Gasteiger partial charge on any atom is -0.481 e. The lowest BCUT2D eigenvalue weighted by molar-refractivity contribution is -0.233. The van der Waals surface area contributed by atoms with Crippen LogP contribution in [0.25, 0.3) is 0 Å². The molecule has 0 aromatic carbocycles. The lowest BCUT2D eigenvalue weighted by atomic mass is 9.33. The van der Waals surface area contributed by atoms with Gasteiger partial charge in [0.25, 0.3) is 0 Å². The number of esters is 1. The molecule has 3 unspecified atom stereocenters. The third-order valence-electron chi connectivity index (χ3n) is 15.4. The number of rotatable bonds is 8. The van der Waals surface area contributed by atoms with E-state index in [1.165, 1.54) is 0 Å². The topological polar surface area (TPSA) is 123 Å². The highest BCUT2D eigenvalue weighted by Gasteiger charge is 2.71. The molecule has 4 fully saturated rings. The molecule has 0 saturated heterocycles. The Morgan fingerprint density at radius 2 is 1.62 bits per heavy atom. The molecule has 6 rings (SSSR count). The second-order valence-corrected chi connectivity index (χ2v) is 19.0. The number of carbonyl (C=O) groups excluding carboxylic acids is 3.